The number of fused-ring (bicyclic) bond motifs is 2. The predicted octanol–water partition coefficient (Wildman–Crippen LogP) is 6.33. The van der Waals surface area contributed by atoms with Gasteiger partial charge < -0.3 is 29.6 Å². The van der Waals surface area contributed by atoms with E-state index < -0.39 is 29.6 Å². The van der Waals surface area contributed by atoms with Crippen LogP contribution in [0.5, 0.6) is 17.2 Å². The average Bonchev–Trinajstić information content (AvgIpc) is 3.64. The van der Waals surface area contributed by atoms with Gasteiger partial charge in [0.1, 0.15) is 29.0 Å². The van der Waals surface area contributed by atoms with Crippen LogP contribution in [-0.4, -0.2) is 43.8 Å². The summed E-state index contributed by atoms with van der Waals surface area (Å²) in [6.45, 7) is 0. The van der Waals surface area contributed by atoms with Gasteiger partial charge in [-0.2, -0.15) is 0 Å². The number of methoxy groups -OCH3 is 2. The van der Waals surface area contributed by atoms with Crippen LogP contribution < -0.4 is 20.1 Å². The third-order valence-electron chi connectivity index (χ3n) is 7.72. The molecule has 0 saturated carbocycles. The summed E-state index contributed by atoms with van der Waals surface area (Å²) in [5.74, 6) is 0.956. The number of rotatable bonds is 11. The minimum absolute atomic E-state index is 0.170. The van der Waals surface area contributed by atoms with E-state index >= 15 is 0 Å². The van der Waals surface area contributed by atoms with Crippen LogP contribution in [0.3, 0.4) is 0 Å². The molecule has 44 heavy (non-hydrogen) atoms. The van der Waals surface area contributed by atoms with Gasteiger partial charge in [-0.3, -0.25) is 4.79 Å². The fraction of sp³-hybridized carbons (Fsp3) is 0.167. The number of esters is 1. The molecule has 3 unspecified atom stereocenters. The second kappa shape index (κ2) is 12.5. The Morgan fingerprint density at radius 3 is 2.23 bits per heavy atom. The van der Waals surface area contributed by atoms with Crippen molar-refractivity contribution in [2.24, 2.45) is 0 Å². The molecule has 0 fully saturated rings. The zero-order valence-electron chi connectivity index (χ0n) is 24.4. The number of anilines is 2. The van der Waals surface area contributed by atoms with Crippen LogP contribution in [0.25, 0.3) is 0 Å². The lowest BCUT2D eigenvalue weighted by Crippen LogP contribution is -2.49. The lowest BCUT2D eigenvalue weighted by atomic mass is 9.78. The molecule has 0 spiro atoms. The first-order chi connectivity index (χ1) is 21.5. The Morgan fingerprint density at radius 2 is 1.52 bits per heavy atom. The van der Waals surface area contributed by atoms with Crippen molar-refractivity contribution in [1.29, 1.82) is 0 Å². The number of hydrogen-bond acceptors (Lipinski definition) is 7. The highest BCUT2D eigenvalue weighted by Gasteiger charge is 2.58. The first kappa shape index (κ1) is 28.8. The second-order valence-corrected chi connectivity index (χ2v) is 10.5. The molecule has 2 heterocycles. The van der Waals surface area contributed by atoms with Crippen molar-refractivity contribution in [3.63, 3.8) is 0 Å². The van der Waals surface area contributed by atoms with Crippen molar-refractivity contribution in [3.05, 3.63) is 138 Å². The predicted molar refractivity (Wildman–Crippen MR) is 168 cm³/mol. The molecular formula is C36H32N2O6. The number of hydrogen-bond donors (Lipinski definition) is 2. The van der Waals surface area contributed by atoms with E-state index in [2.05, 4.69) is 10.6 Å². The van der Waals surface area contributed by atoms with E-state index in [1.807, 2.05) is 97.1 Å². The van der Waals surface area contributed by atoms with Crippen LogP contribution >= 0.6 is 0 Å². The molecule has 8 heteroatoms. The summed E-state index contributed by atoms with van der Waals surface area (Å²) in [6, 6.07) is 33.5. The van der Waals surface area contributed by atoms with Crippen LogP contribution in [-0.2, 0) is 25.5 Å². The van der Waals surface area contributed by atoms with Crippen molar-refractivity contribution in [3.8, 4) is 17.2 Å². The second-order valence-electron chi connectivity index (χ2n) is 10.5. The van der Waals surface area contributed by atoms with Gasteiger partial charge in [-0.05, 0) is 66.6 Å². The summed E-state index contributed by atoms with van der Waals surface area (Å²) in [4.78, 5) is 27.2. The third-order valence-corrected chi connectivity index (χ3v) is 7.72. The van der Waals surface area contributed by atoms with Gasteiger partial charge in [0.25, 0.3) is 5.91 Å². The minimum atomic E-state index is -1.28. The Morgan fingerprint density at radius 1 is 0.818 bits per heavy atom. The molecule has 4 aromatic carbocycles. The summed E-state index contributed by atoms with van der Waals surface area (Å²) < 4.78 is 23.1. The number of benzene rings is 4. The lowest BCUT2D eigenvalue weighted by molar-refractivity contribution is -0.138. The van der Waals surface area contributed by atoms with E-state index in [9.17, 15) is 9.59 Å². The van der Waals surface area contributed by atoms with Gasteiger partial charge in [0.05, 0.1) is 31.4 Å². The van der Waals surface area contributed by atoms with Gasteiger partial charge in [0.2, 0.25) is 0 Å². The summed E-state index contributed by atoms with van der Waals surface area (Å²) in [5.41, 5.74) is 1.45. The maximum atomic E-state index is 13.7. The molecular weight excluding hydrogens is 556 g/mol. The Kier molecular flexibility index (Phi) is 8.16. The number of para-hydroxylation sites is 1. The molecule has 6 rings (SSSR count). The third kappa shape index (κ3) is 5.80. The molecule has 8 nitrogen and oxygen atoms in total. The van der Waals surface area contributed by atoms with Gasteiger partial charge in [0, 0.05) is 17.4 Å². The molecule has 0 saturated heterocycles. The Hall–Kier alpha value is -5.34. The van der Waals surface area contributed by atoms with Crippen LogP contribution in [0.15, 0.2) is 132 Å². The Labute approximate surface area is 255 Å². The summed E-state index contributed by atoms with van der Waals surface area (Å²) in [6.07, 6.45) is 3.44. The standard InChI is InChI=1S/C36H32N2O6/c1-41-27-18-16-25(17-19-27)38-34(39)32-30-20-21-36(44-30,33(32)35(40)42-2)31(22-24-10-5-3-6-11-24)37-26-12-9-15-29(23-26)43-28-13-7-4-8-14-28/h3-21,23,30-31,37H,22H2,1-2H3,(H,38,39). The van der Waals surface area contributed by atoms with Gasteiger partial charge in [-0.1, -0.05) is 60.7 Å². The summed E-state index contributed by atoms with van der Waals surface area (Å²) in [7, 11) is 2.88. The largest absolute Gasteiger partial charge is 0.497 e. The van der Waals surface area contributed by atoms with Crippen molar-refractivity contribution >= 4 is 23.3 Å². The Bertz CT molecular complexity index is 1700. The molecule has 4 aromatic rings. The molecule has 0 aromatic heterocycles. The van der Waals surface area contributed by atoms with Crippen LogP contribution in [0, 0.1) is 0 Å². The van der Waals surface area contributed by atoms with Crippen LogP contribution in [0.4, 0.5) is 11.4 Å². The first-order valence-electron chi connectivity index (χ1n) is 14.3. The number of carbonyl (C=O) groups excluding carboxylic acids is 2. The first-order valence-corrected chi connectivity index (χ1v) is 14.3. The van der Waals surface area contributed by atoms with Crippen molar-refractivity contribution in [2.75, 3.05) is 24.9 Å². The number of amides is 1. The Balaban J connectivity index is 1.36. The highest BCUT2D eigenvalue weighted by molar-refractivity contribution is 6.12. The topological polar surface area (TPSA) is 95.1 Å². The average molecular weight is 589 g/mol. The van der Waals surface area contributed by atoms with Gasteiger partial charge in [0.15, 0.2) is 0 Å². The number of carbonyl (C=O) groups is 2. The van der Waals surface area contributed by atoms with E-state index in [4.69, 9.17) is 18.9 Å². The molecule has 2 bridgehead atoms. The fourth-order valence-corrected chi connectivity index (χ4v) is 5.66. The highest BCUT2D eigenvalue weighted by Crippen LogP contribution is 2.47. The van der Waals surface area contributed by atoms with Gasteiger partial charge in [-0.15, -0.1) is 0 Å². The molecule has 1 amide bonds. The van der Waals surface area contributed by atoms with Crippen molar-refractivity contribution < 1.29 is 28.5 Å². The summed E-state index contributed by atoms with van der Waals surface area (Å²) >= 11 is 0. The van der Waals surface area contributed by atoms with Crippen LogP contribution in [0.2, 0.25) is 0 Å². The molecule has 3 atom stereocenters. The van der Waals surface area contributed by atoms with E-state index in [0.29, 0.717) is 29.4 Å². The fourth-order valence-electron chi connectivity index (χ4n) is 5.66. The van der Waals surface area contributed by atoms with E-state index in [1.165, 1.54) is 7.11 Å². The zero-order chi connectivity index (χ0) is 30.5. The molecule has 2 aliphatic rings. The highest BCUT2D eigenvalue weighted by atomic mass is 16.5. The monoisotopic (exact) mass is 588 g/mol. The van der Waals surface area contributed by atoms with E-state index in [0.717, 1.165) is 11.3 Å². The minimum Gasteiger partial charge on any atom is -0.497 e. The lowest BCUT2D eigenvalue weighted by Gasteiger charge is -2.36. The number of ether oxygens (including phenoxy) is 4. The molecule has 0 radical (unpaired) electrons. The maximum Gasteiger partial charge on any atom is 0.337 e. The molecule has 222 valence electrons. The van der Waals surface area contributed by atoms with Crippen molar-refractivity contribution in [2.45, 2.75) is 24.2 Å². The van der Waals surface area contributed by atoms with E-state index in [-0.39, 0.29) is 11.1 Å². The smallest absolute Gasteiger partial charge is 0.337 e. The quantitative estimate of drug-likeness (QED) is 0.156. The van der Waals surface area contributed by atoms with Gasteiger partial charge in [-0.25, -0.2) is 4.79 Å². The maximum absolute atomic E-state index is 13.7. The summed E-state index contributed by atoms with van der Waals surface area (Å²) in [5, 5.41) is 6.51. The zero-order valence-corrected chi connectivity index (χ0v) is 24.4. The van der Waals surface area contributed by atoms with Crippen LogP contribution in [0.1, 0.15) is 5.56 Å². The molecule has 2 aliphatic heterocycles. The normalized spacial score (nSPS) is 18.9. The number of nitrogens with one attached hydrogen (secondary N) is 2. The molecule has 2 N–H and O–H groups in total. The van der Waals surface area contributed by atoms with Crippen molar-refractivity contribution in [1.82, 2.24) is 0 Å². The van der Waals surface area contributed by atoms with Gasteiger partial charge >= 0.3 is 5.97 Å². The molecule has 0 aliphatic carbocycles. The SMILES string of the molecule is COC(=O)C1=C(C(=O)Nc2ccc(OC)cc2)C2C=CC1(C(Cc1ccccc1)Nc1cccc(Oc3ccccc3)c1)O2. The van der Waals surface area contributed by atoms with E-state index in [1.54, 1.807) is 31.4 Å².